The van der Waals surface area contributed by atoms with E-state index in [2.05, 4.69) is 41.0 Å². The van der Waals surface area contributed by atoms with Gasteiger partial charge in [-0.1, -0.05) is 13.8 Å². The third kappa shape index (κ3) is 3.05. The Bertz CT molecular complexity index is 548. The summed E-state index contributed by atoms with van der Waals surface area (Å²) in [5, 5.41) is 22.4. The lowest BCUT2D eigenvalue weighted by Crippen LogP contribution is -2.09. The number of hydrogen-bond acceptors (Lipinski definition) is 4. The average molecular weight is 391 g/mol. The number of anilines is 1. The van der Waals surface area contributed by atoms with E-state index < -0.39 is 4.92 Å². The van der Waals surface area contributed by atoms with E-state index in [4.69, 9.17) is 5.41 Å². The van der Waals surface area contributed by atoms with Crippen LogP contribution in [0.4, 0.5) is 11.4 Å². The van der Waals surface area contributed by atoms with Gasteiger partial charge in [-0.2, -0.15) is 0 Å². The van der Waals surface area contributed by atoms with Crippen molar-refractivity contribution in [1.82, 2.24) is 0 Å². The molecule has 5 nitrogen and oxygen atoms in total. The Kier molecular flexibility index (Phi) is 4.11. The molecule has 2 rings (SSSR count). The molecule has 1 aromatic rings. The summed E-state index contributed by atoms with van der Waals surface area (Å²) in [6.45, 7) is 4.24. The molecule has 0 aromatic heterocycles. The minimum Gasteiger partial charge on any atom is -0.358 e. The van der Waals surface area contributed by atoms with Crippen LogP contribution >= 0.6 is 28.4 Å². The van der Waals surface area contributed by atoms with Crippen molar-refractivity contribution in [3.63, 3.8) is 0 Å². The summed E-state index contributed by atoms with van der Waals surface area (Å²) in [5.74, 6) is 0.201. The molecule has 1 fully saturated rings. The van der Waals surface area contributed by atoms with Gasteiger partial charge in [-0.15, -0.1) is 0 Å². The summed E-state index contributed by atoms with van der Waals surface area (Å²) >= 11 is 2.21. The van der Waals surface area contributed by atoms with Crippen LogP contribution in [0, 0.1) is 26.9 Å². The van der Waals surface area contributed by atoms with Crippen LogP contribution < -0.4 is 5.09 Å². The number of nitro benzene ring substituents is 1. The maximum absolute atomic E-state index is 10.9. The van der Waals surface area contributed by atoms with Crippen molar-refractivity contribution >= 4 is 45.5 Å². The molecule has 0 aliphatic heterocycles. The summed E-state index contributed by atoms with van der Waals surface area (Å²) in [4.78, 5) is 10.5. The van der Waals surface area contributed by atoms with Gasteiger partial charge in [0.2, 0.25) is 0 Å². The monoisotopic (exact) mass is 391 g/mol. The summed E-state index contributed by atoms with van der Waals surface area (Å²) in [7, 11) is 0. The quantitative estimate of drug-likeness (QED) is 0.257. The number of nitrogens with one attached hydrogen (secondary N) is 2. The first-order valence-electron chi connectivity index (χ1n) is 5.85. The van der Waals surface area contributed by atoms with Gasteiger partial charge in [-0.25, -0.2) is 0 Å². The van der Waals surface area contributed by atoms with Crippen LogP contribution in [0.1, 0.15) is 25.8 Å². The van der Waals surface area contributed by atoms with Crippen molar-refractivity contribution < 1.29 is 4.92 Å². The van der Waals surface area contributed by atoms with Gasteiger partial charge in [-0.3, -0.25) is 10.1 Å². The van der Waals surface area contributed by atoms with Crippen molar-refractivity contribution in [3.8, 4) is 0 Å². The van der Waals surface area contributed by atoms with Gasteiger partial charge in [0, 0.05) is 41.4 Å². The Morgan fingerprint density at radius 1 is 1.63 bits per heavy atom. The lowest BCUT2D eigenvalue weighted by Gasteiger charge is -2.12. The first kappa shape index (κ1) is 14.7. The van der Waals surface area contributed by atoms with Crippen molar-refractivity contribution in [2.45, 2.75) is 20.3 Å². The van der Waals surface area contributed by atoms with Gasteiger partial charge in [-0.05, 0) is 39.9 Å². The number of nitro groups is 1. The van der Waals surface area contributed by atoms with E-state index in [-0.39, 0.29) is 17.0 Å². The fraction of sp³-hybridized carbons (Fsp3) is 0.417. The molecule has 0 amide bonds. The van der Waals surface area contributed by atoms with Gasteiger partial charge in [0.1, 0.15) is 0 Å². The Morgan fingerprint density at radius 2 is 2.26 bits per heavy atom. The van der Waals surface area contributed by atoms with Gasteiger partial charge >= 0.3 is 0 Å². The first-order valence-corrected chi connectivity index (χ1v) is 9.97. The lowest BCUT2D eigenvalue weighted by molar-refractivity contribution is -0.384. The molecule has 19 heavy (non-hydrogen) atoms. The second-order valence-electron chi connectivity index (χ2n) is 5.37. The maximum Gasteiger partial charge on any atom is 0.270 e. The molecule has 2 unspecified atom stereocenters. The fourth-order valence-electron chi connectivity index (χ4n) is 2.18. The van der Waals surface area contributed by atoms with Crippen LogP contribution in [0.25, 0.3) is 0 Å². The highest BCUT2D eigenvalue weighted by Gasteiger charge is 2.49. The van der Waals surface area contributed by atoms with E-state index in [0.717, 1.165) is 12.1 Å². The van der Waals surface area contributed by atoms with Gasteiger partial charge in [0.05, 0.1) is 4.92 Å². The molecule has 0 radical (unpaired) electrons. The van der Waals surface area contributed by atoms with Crippen molar-refractivity contribution in [3.05, 3.63) is 33.9 Å². The van der Waals surface area contributed by atoms with Crippen LogP contribution in [-0.4, -0.2) is 10.6 Å². The van der Waals surface area contributed by atoms with Crippen molar-refractivity contribution in [2.24, 2.45) is 11.3 Å². The normalized spacial score (nSPS) is 20.5. The van der Waals surface area contributed by atoms with Crippen molar-refractivity contribution in [1.29, 1.82) is 5.41 Å². The predicted octanol–water partition coefficient (Wildman–Crippen LogP) is 4.36. The van der Waals surface area contributed by atoms with E-state index in [9.17, 15) is 10.1 Å². The smallest absolute Gasteiger partial charge is 0.270 e. The highest BCUT2D eigenvalue weighted by molar-refractivity contribution is 14.2. The van der Waals surface area contributed by atoms with E-state index in [1.54, 1.807) is 6.07 Å². The minimum atomic E-state index is -0.412. The number of rotatable bonds is 5. The fourth-order valence-corrected chi connectivity index (χ4v) is 3.37. The van der Waals surface area contributed by atoms with E-state index in [1.807, 2.05) is 0 Å². The SMILES string of the molecule is CC1(C)CC1C(=N)c1cc([N+](=O)[O-])ccc1NPI. The van der Waals surface area contributed by atoms with Crippen LogP contribution in [0.5, 0.6) is 0 Å². The maximum atomic E-state index is 10.9. The Morgan fingerprint density at radius 3 is 2.74 bits per heavy atom. The Labute approximate surface area is 126 Å². The highest BCUT2D eigenvalue weighted by Crippen LogP contribution is 2.53. The Hall–Kier alpha value is -0.750. The Balaban J connectivity index is 2.37. The van der Waals surface area contributed by atoms with E-state index in [0.29, 0.717) is 17.6 Å². The topological polar surface area (TPSA) is 79.0 Å². The summed E-state index contributed by atoms with van der Waals surface area (Å²) in [5.41, 5.74) is 2.16. The molecule has 0 bridgehead atoms. The molecule has 102 valence electrons. The molecule has 1 aliphatic rings. The molecular weight excluding hydrogens is 376 g/mol. The number of non-ortho nitro benzene ring substituents is 1. The lowest BCUT2D eigenvalue weighted by atomic mass is 9.99. The van der Waals surface area contributed by atoms with Crippen molar-refractivity contribution in [2.75, 3.05) is 5.09 Å². The van der Waals surface area contributed by atoms with E-state index >= 15 is 0 Å². The minimum absolute atomic E-state index is 0.0422. The molecule has 2 atom stereocenters. The van der Waals surface area contributed by atoms with Crippen LogP contribution in [0.15, 0.2) is 18.2 Å². The number of nitrogens with zero attached hydrogens (tertiary/aromatic N) is 1. The van der Waals surface area contributed by atoms with Gasteiger partial charge in [0.25, 0.3) is 5.69 Å². The number of benzene rings is 1. The highest BCUT2D eigenvalue weighted by atomic mass is 127. The summed E-state index contributed by atoms with van der Waals surface area (Å²) in [6, 6.07) is 4.69. The third-order valence-corrected chi connectivity index (χ3v) is 4.72. The standard InChI is InChI=1S/C12H15IN3O2P/c1-12(2)6-9(12)11(14)8-5-7(16(17)18)3-4-10(8)15-19-13/h3-5,9,14-15,19H,6H2,1-2H3. The average Bonchev–Trinajstić information content (AvgIpc) is 2.98. The predicted molar refractivity (Wildman–Crippen MR) is 87.8 cm³/mol. The van der Waals surface area contributed by atoms with E-state index in [1.165, 1.54) is 12.1 Å². The van der Waals surface area contributed by atoms with Gasteiger partial charge in [0.15, 0.2) is 0 Å². The summed E-state index contributed by atoms with van der Waals surface area (Å²) in [6.07, 6.45) is 1.44. The second kappa shape index (κ2) is 5.32. The largest absolute Gasteiger partial charge is 0.358 e. The zero-order valence-corrected chi connectivity index (χ0v) is 13.8. The molecule has 1 aliphatic carbocycles. The number of halogens is 1. The molecule has 0 heterocycles. The molecule has 7 heteroatoms. The second-order valence-corrected chi connectivity index (χ2v) is 7.42. The zero-order chi connectivity index (χ0) is 14.2. The molecule has 0 saturated heterocycles. The van der Waals surface area contributed by atoms with Crippen LogP contribution in [-0.2, 0) is 0 Å². The van der Waals surface area contributed by atoms with Gasteiger partial charge < -0.3 is 10.5 Å². The molecule has 2 N–H and O–H groups in total. The van der Waals surface area contributed by atoms with Crippen LogP contribution in [0.3, 0.4) is 0 Å². The first-order chi connectivity index (χ1) is 8.86. The summed E-state index contributed by atoms with van der Waals surface area (Å²) < 4.78 is 0. The van der Waals surface area contributed by atoms with Crippen LogP contribution in [0.2, 0.25) is 0 Å². The zero-order valence-electron chi connectivity index (χ0n) is 10.7. The molecule has 0 spiro atoms. The molecule has 1 aromatic carbocycles. The third-order valence-electron chi connectivity index (χ3n) is 3.55. The molecule has 1 saturated carbocycles. The number of hydrogen-bond donors (Lipinski definition) is 2. The molecular formula is C12H15IN3O2P.